The topological polar surface area (TPSA) is 130 Å². The molecule has 2 aliphatic rings. The Hall–Kier alpha value is -2.28. The summed E-state index contributed by atoms with van der Waals surface area (Å²) in [6, 6.07) is -1.78. The van der Waals surface area contributed by atoms with E-state index in [-0.39, 0.29) is 5.04 Å². The fraction of sp³-hybridized carbons (Fsp3) is 0.760. The highest BCUT2D eigenvalue weighted by atomic mass is 28.4. The lowest BCUT2D eigenvalue weighted by molar-refractivity contribution is -0.179. The molecular weight excluding hydrogens is 500 g/mol. The fourth-order valence-corrected chi connectivity index (χ4v) is 6.59. The van der Waals surface area contributed by atoms with Gasteiger partial charge in [-0.25, -0.2) is 4.79 Å². The Morgan fingerprint density at radius 1 is 1.08 bits per heavy atom. The zero-order chi connectivity index (χ0) is 28.5. The number of carbonyl (C=O) groups excluding carboxylic acids is 4. The third-order valence-corrected chi connectivity index (χ3v) is 12.6. The minimum atomic E-state index is -2.56. The van der Waals surface area contributed by atoms with Gasteiger partial charge in [0, 0.05) is 13.7 Å². The van der Waals surface area contributed by atoms with Crippen LogP contribution in [0.1, 0.15) is 27.7 Å². The van der Waals surface area contributed by atoms with Crippen molar-refractivity contribution < 1.29 is 42.6 Å². The summed E-state index contributed by atoms with van der Waals surface area (Å²) in [5, 5.41) is 3.03. The van der Waals surface area contributed by atoms with Crippen LogP contribution in [0.5, 0.6) is 0 Å². The molecule has 0 unspecified atom stereocenters. The molecule has 0 saturated carbocycles. The minimum absolute atomic E-state index is 0.238. The zero-order valence-electron chi connectivity index (χ0n) is 23.6. The number of nitrogens with one attached hydrogen (secondary N) is 1. The largest absolute Gasteiger partial charge is 0.469 e. The van der Waals surface area contributed by atoms with Gasteiger partial charge >= 0.3 is 17.9 Å². The second-order valence-electron chi connectivity index (χ2n) is 11.1. The van der Waals surface area contributed by atoms with Crippen molar-refractivity contribution in [3.63, 3.8) is 0 Å². The summed E-state index contributed by atoms with van der Waals surface area (Å²) in [4.78, 5) is 55.2. The van der Waals surface area contributed by atoms with E-state index in [1.165, 1.54) is 26.0 Å². The maximum Gasteiger partial charge on any atom is 0.332 e. The maximum atomic E-state index is 14.0. The highest BCUT2D eigenvalue weighted by Gasteiger charge is 2.73. The van der Waals surface area contributed by atoms with Crippen LogP contribution in [0.4, 0.5) is 0 Å². The van der Waals surface area contributed by atoms with Gasteiger partial charge in [-0.15, -0.1) is 6.58 Å². The Labute approximate surface area is 220 Å². The SMILES string of the molecule is C=CCN[C@H]1[C@H](O[Si](C)(C)C(C)(C)C)[C@H]2[C@@H](C(=O)OC)[C@H](C(=O)OC)[C@@](C)(C(=O)OC)N2C(=O)[C@@H]1OC. The molecule has 0 radical (unpaired) electrons. The molecule has 1 N–H and O–H groups in total. The van der Waals surface area contributed by atoms with Crippen LogP contribution in [-0.4, -0.2) is 102 Å². The van der Waals surface area contributed by atoms with Gasteiger partial charge in [0.05, 0.1) is 45.4 Å². The minimum Gasteiger partial charge on any atom is -0.469 e. The second-order valence-corrected chi connectivity index (χ2v) is 15.9. The van der Waals surface area contributed by atoms with E-state index in [0.29, 0.717) is 6.54 Å². The maximum absolute atomic E-state index is 14.0. The van der Waals surface area contributed by atoms with Crippen molar-refractivity contribution in [2.75, 3.05) is 35.0 Å². The van der Waals surface area contributed by atoms with Crippen LogP contribution in [0.2, 0.25) is 18.1 Å². The van der Waals surface area contributed by atoms with Crippen LogP contribution in [0.3, 0.4) is 0 Å². The molecule has 0 aliphatic carbocycles. The number of hydrogen-bond donors (Lipinski definition) is 1. The van der Waals surface area contributed by atoms with Crippen molar-refractivity contribution in [3.8, 4) is 0 Å². The first kappa shape index (κ1) is 30.9. The van der Waals surface area contributed by atoms with E-state index in [2.05, 4.69) is 32.7 Å². The molecule has 2 rings (SSSR count). The molecule has 2 fully saturated rings. The Morgan fingerprint density at radius 2 is 1.65 bits per heavy atom. The normalized spacial score (nSPS) is 31.9. The van der Waals surface area contributed by atoms with E-state index in [1.807, 2.05) is 13.1 Å². The van der Waals surface area contributed by atoms with Gasteiger partial charge in [0.1, 0.15) is 5.92 Å². The summed E-state index contributed by atoms with van der Waals surface area (Å²) in [5.41, 5.74) is -1.89. The molecule has 37 heavy (non-hydrogen) atoms. The molecule has 0 aromatic rings. The van der Waals surface area contributed by atoms with Crippen LogP contribution in [0.15, 0.2) is 12.7 Å². The number of ether oxygens (including phenoxy) is 4. The summed E-state index contributed by atoms with van der Waals surface area (Å²) in [5.74, 6) is -5.75. The standard InChI is InChI=1S/C25H42N2O9Si/c1-12-13-26-16-18(36-37(10,11)24(2,3)4)17-14(21(29)33-7)15(22(30)34-8)25(5,23(31)35-9)27(17)20(28)19(16)32-6/h12,14-19,26H,1,13H2,2-11H3/t14-,15+,16-,17+,18-,19+,25-/m0/s1. The summed E-state index contributed by atoms with van der Waals surface area (Å²) in [6.45, 7) is 15.7. The van der Waals surface area contributed by atoms with Gasteiger partial charge in [-0.2, -0.15) is 0 Å². The average Bonchev–Trinajstić information content (AvgIpc) is 3.12. The molecular formula is C25H42N2O9Si. The third kappa shape index (κ3) is 5.08. The van der Waals surface area contributed by atoms with Crippen molar-refractivity contribution in [1.29, 1.82) is 0 Å². The molecule has 0 spiro atoms. The lowest BCUT2D eigenvalue weighted by atomic mass is 9.78. The van der Waals surface area contributed by atoms with Gasteiger partial charge in [0.25, 0.3) is 5.91 Å². The highest BCUT2D eigenvalue weighted by Crippen LogP contribution is 2.51. The van der Waals surface area contributed by atoms with Crippen molar-refractivity contribution in [1.82, 2.24) is 10.2 Å². The Balaban J connectivity index is 2.93. The van der Waals surface area contributed by atoms with Crippen LogP contribution >= 0.6 is 0 Å². The molecule has 0 bridgehead atoms. The number of carbonyl (C=O) groups is 4. The van der Waals surface area contributed by atoms with Crippen molar-refractivity contribution >= 4 is 32.1 Å². The molecule has 1 amide bonds. The Bertz CT molecular complexity index is 918. The third-order valence-electron chi connectivity index (χ3n) is 8.14. The van der Waals surface area contributed by atoms with E-state index in [1.54, 1.807) is 6.08 Å². The number of rotatable bonds is 9. The van der Waals surface area contributed by atoms with Gasteiger partial charge in [-0.1, -0.05) is 26.8 Å². The summed E-state index contributed by atoms with van der Waals surface area (Å²) < 4.78 is 27.8. The molecule has 11 nitrogen and oxygen atoms in total. The van der Waals surface area contributed by atoms with Gasteiger partial charge in [0.2, 0.25) is 0 Å². The van der Waals surface area contributed by atoms with Crippen molar-refractivity contribution in [2.24, 2.45) is 11.8 Å². The quantitative estimate of drug-likeness (QED) is 0.197. The van der Waals surface area contributed by atoms with E-state index in [9.17, 15) is 19.2 Å². The van der Waals surface area contributed by atoms with E-state index in [0.717, 1.165) is 14.2 Å². The van der Waals surface area contributed by atoms with Crippen molar-refractivity contribution in [2.45, 2.75) is 75.7 Å². The molecule has 2 aliphatic heterocycles. The molecule has 2 heterocycles. The molecule has 210 valence electrons. The fourth-order valence-electron chi connectivity index (χ4n) is 5.27. The molecule has 0 aromatic carbocycles. The van der Waals surface area contributed by atoms with E-state index >= 15 is 0 Å². The van der Waals surface area contributed by atoms with E-state index in [4.69, 9.17) is 23.4 Å². The van der Waals surface area contributed by atoms with Gasteiger partial charge in [-0.05, 0) is 25.1 Å². The van der Waals surface area contributed by atoms with E-state index < -0.39 is 73.8 Å². The first-order chi connectivity index (χ1) is 17.1. The van der Waals surface area contributed by atoms with Crippen LogP contribution in [0.25, 0.3) is 0 Å². The summed E-state index contributed by atoms with van der Waals surface area (Å²) >= 11 is 0. The number of methoxy groups -OCH3 is 4. The number of esters is 3. The monoisotopic (exact) mass is 542 g/mol. The van der Waals surface area contributed by atoms with Crippen LogP contribution in [0, 0.1) is 11.8 Å². The Kier molecular flexibility index (Phi) is 9.38. The molecule has 12 heteroatoms. The zero-order valence-corrected chi connectivity index (χ0v) is 24.6. The van der Waals surface area contributed by atoms with Crippen molar-refractivity contribution in [3.05, 3.63) is 12.7 Å². The van der Waals surface area contributed by atoms with Crippen LogP contribution in [-0.2, 0) is 42.6 Å². The first-order valence-electron chi connectivity index (χ1n) is 12.2. The van der Waals surface area contributed by atoms with Gasteiger partial charge in [0.15, 0.2) is 20.0 Å². The Morgan fingerprint density at radius 3 is 2.08 bits per heavy atom. The number of amides is 1. The number of nitrogens with zero attached hydrogens (tertiary/aromatic N) is 1. The summed E-state index contributed by atoms with van der Waals surface area (Å²) in [7, 11) is 2.33. The highest BCUT2D eigenvalue weighted by molar-refractivity contribution is 6.74. The molecule has 0 aromatic heterocycles. The lowest BCUT2D eigenvalue weighted by Gasteiger charge is -2.52. The predicted octanol–water partition coefficient (Wildman–Crippen LogP) is 1.27. The van der Waals surface area contributed by atoms with Gasteiger partial charge < -0.3 is 33.6 Å². The number of hydrogen-bond acceptors (Lipinski definition) is 10. The number of piperidine rings is 1. The first-order valence-corrected chi connectivity index (χ1v) is 15.1. The van der Waals surface area contributed by atoms with Gasteiger partial charge in [-0.3, -0.25) is 14.4 Å². The average molecular weight is 543 g/mol. The van der Waals surface area contributed by atoms with Crippen LogP contribution < -0.4 is 5.32 Å². The molecule has 2 saturated heterocycles. The summed E-state index contributed by atoms with van der Waals surface area (Å²) in [6.07, 6.45) is -0.314. The lowest BCUT2D eigenvalue weighted by Crippen LogP contribution is -2.73. The smallest absolute Gasteiger partial charge is 0.332 e. The number of fused-ring (bicyclic) bond motifs is 1. The second kappa shape index (κ2) is 11.2. The molecule has 7 atom stereocenters. The predicted molar refractivity (Wildman–Crippen MR) is 137 cm³/mol.